The quantitative estimate of drug-likeness (QED) is 0.820. The van der Waals surface area contributed by atoms with Crippen LogP contribution in [0, 0.1) is 5.95 Å². The SMILES string of the molecule is CC(O)(CNC(=O)c1ccc(F)nc1)c1ccco1. The lowest BCUT2D eigenvalue weighted by Gasteiger charge is -2.21. The van der Waals surface area contributed by atoms with Gasteiger partial charge in [-0.2, -0.15) is 4.39 Å². The molecule has 1 atom stereocenters. The molecule has 100 valence electrons. The predicted molar refractivity (Wildman–Crippen MR) is 64.8 cm³/mol. The maximum absolute atomic E-state index is 12.6. The smallest absolute Gasteiger partial charge is 0.252 e. The van der Waals surface area contributed by atoms with Crippen LogP contribution < -0.4 is 5.32 Å². The molecule has 1 unspecified atom stereocenters. The van der Waals surface area contributed by atoms with Crippen LogP contribution in [0.2, 0.25) is 0 Å². The molecular weight excluding hydrogens is 251 g/mol. The predicted octanol–water partition coefficient (Wildman–Crippen LogP) is 1.45. The van der Waals surface area contributed by atoms with Gasteiger partial charge in [0, 0.05) is 6.20 Å². The van der Waals surface area contributed by atoms with E-state index in [4.69, 9.17) is 4.42 Å². The van der Waals surface area contributed by atoms with Crippen LogP contribution in [0.25, 0.3) is 0 Å². The van der Waals surface area contributed by atoms with E-state index in [1.54, 1.807) is 12.1 Å². The minimum Gasteiger partial charge on any atom is -0.466 e. The maximum Gasteiger partial charge on any atom is 0.252 e. The van der Waals surface area contributed by atoms with Crippen molar-refractivity contribution in [3.8, 4) is 0 Å². The Bertz CT molecular complexity index is 550. The number of pyridine rings is 1. The first-order valence-electron chi connectivity index (χ1n) is 5.65. The van der Waals surface area contributed by atoms with Gasteiger partial charge in [-0.3, -0.25) is 4.79 Å². The van der Waals surface area contributed by atoms with Gasteiger partial charge in [0.15, 0.2) is 0 Å². The minimum atomic E-state index is -1.31. The molecule has 0 saturated heterocycles. The summed E-state index contributed by atoms with van der Waals surface area (Å²) in [5.74, 6) is -0.747. The fraction of sp³-hybridized carbons (Fsp3) is 0.231. The second-order valence-electron chi connectivity index (χ2n) is 4.30. The van der Waals surface area contributed by atoms with Crippen molar-refractivity contribution in [2.75, 3.05) is 6.54 Å². The van der Waals surface area contributed by atoms with Crippen LogP contribution in [-0.4, -0.2) is 22.5 Å². The molecule has 0 saturated carbocycles. The number of hydrogen-bond acceptors (Lipinski definition) is 4. The third kappa shape index (κ3) is 3.17. The van der Waals surface area contributed by atoms with Crippen LogP contribution in [0.5, 0.6) is 0 Å². The molecule has 0 fully saturated rings. The van der Waals surface area contributed by atoms with Crippen LogP contribution in [0.3, 0.4) is 0 Å². The molecule has 0 spiro atoms. The molecule has 1 amide bonds. The number of carbonyl (C=O) groups excluding carboxylic acids is 1. The lowest BCUT2D eigenvalue weighted by atomic mass is 10.0. The normalized spacial score (nSPS) is 13.8. The highest BCUT2D eigenvalue weighted by atomic mass is 19.1. The number of furan rings is 1. The number of rotatable bonds is 4. The van der Waals surface area contributed by atoms with Gasteiger partial charge >= 0.3 is 0 Å². The molecule has 0 radical (unpaired) electrons. The largest absolute Gasteiger partial charge is 0.466 e. The molecule has 19 heavy (non-hydrogen) atoms. The molecule has 5 nitrogen and oxygen atoms in total. The summed E-state index contributed by atoms with van der Waals surface area (Å²) in [5.41, 5.74) is -1.09. The second-order valence-corrected chi connectivity index (χ2v) is 4.30. The van der Waals surface area contributed by atoms with Gasteiger partial charge in [0.25, 0.3) is 5.91 Å². The molecule has 2 N–H and O–H groups in total. The van der Waals surface area contributed by atoms with Gasteiger partial charge in [-0.1, -0.05) is 0 Å². The van der Waals surface area contributed by atoms with Crippen molar-refractivity contribution in [1.82, 2.24) is 10.3 Å². The van der Waals surface area contributed by atoms with E-state index < -0.39 is 17.5 Å². The van der Waals surface area contributed by atoms with Crippen molar-refractivity contribution in [3.63, 3.8) is 0 Å². The van der Waals surface area contributed by atoms with Crippen LogP contribution in [-0.2, 0) is 5.60 Å². The maximum atomic E-state index is 12.6. The minimum absolute atomic E-state index is 0.0310. The molecule has 0 bridgehead atoms. The second kappa shape index (κ2) is 5.19. The van der Waals surface area contributed by atoms with Gasteiger partial charge in [0.05, 0.1) is 18.4 Å². The summed E-state index contributed by atoms with van der Waals surface area (Å²) in [6.07, 6.45) is 2.57. The summed E-state index contributed by atoms with van der Waals surface area (Å²) >= 11 is 0. The Morgan fingerprint density at radius 1 is 1.53 bits per heavy atom. The van der Waals surface area contributed by atoms with Crippen LogP contribution in [0.4, 0.5) is 4.39 Å². The van der Waals surface area contributed by atoms with Crippen molar-refractivity contribution in [3.05, 3.63) is 54.0 Å². The molecule has 0 aliphatic carbocycles. The Kier molecular flexibility index (Phi) is 3.62. The molecule has 6 heteroatoms. The zero-order chi connectivity index (χ0) is 13.9. The first-order chi connectivity index (χ1) is 8.99. The number of hydrogen-bond donors (Lipinski definition) is 2. The van der Waals surface area contributed by atoms with Gasteiger partial charge < -0.3 is 14.8 Å². The number of halogens is 1. The third-order valence-electron chi connectivity index (χ3n) is 2.63. The van der Waals surface area contributed by atoms with Gasteiger partial charge in [-0.15, -0.1) is 0 Å². The molecule has 0 aliphatic heterocycles. The number of aliphatic hydroxyl groups is 1. The number of nitrogens with one attached hydrogen (secondary N) is 1. The molecule has 2 aromatic rings. The van der Waals surface area contributed by atoms with Gasteiger partial charge in [-0.05, 0) is 31.2 Å². The van der Waals surface area contributed by atoms with Crippen LogP contribution in [0.15, 0.2) is 41.1 Å². The monoisotopic (exact) mass is 264 g/mol. The zero-order valence-corrected chi connectivity index (χ0v) is 10.3. The van der Waals surface area contributed by atoms with E-state index >= 15 is 0 Å². The number of aromatic nitrogens is 1. The highest BCUT2D eigenvalue weighted by Gasteiger charge is 2.26. The summed E-state index contributed by atoms with van der Waals surface area (Å²) in [6.45, 7) is 1.49. The molecule has 2 heterocycles. The van der Waals surface area contributed by atoms with Crippen molar-refractivity contribution in [2.45, 2.75) is 12.5 Å². The van der Waals surface area contributed by atoms with Crippen LogP contribution >= 0.6 is 0 Å². The summed E-state index contributed by atoms with van der Waals surface area (Å²) < 4.78 is 17.7. The highest BCUT2D eigenvalue weighted by molar-refractivity contribution is 5.93. The summed E-state index contributed by atoms with van der Waals surface area (Å²) in [6, 6.07) is 5.68. The lowest BCUT2D eigenvalue weighted by molar-refractivity contribution is 0.0330. The third-order valence-corrected chi connectivity index (χ3v) is 2.63. The van der Waals surface area contributed by atoms with E-state index in [-0.39, 0.29) is 12.1 Å². The van der Waals surface area contributed by atoms with E-state index in [9.17, 15) is 14.3 Å². The number of carbonyl (C=O) groups is 1. The summed E-state index contributed by atoms with van der Waals surface area (Å²) in [7, 11) is 0. The van der Waals surface area contributed by atoms with Crippen LogP contribution in [0.1, 0.15) is 23.0 Å². The Balaban J connectivity index is 1.99. The zero-order valence-electron chi connectivity index (χ0n) is 10.3. The molecule has 2 rings (SSSR count). The van der Waals surface area contributed by atoms with E-state index in [2.05, 4.69) is 10.3 Å². The van der Waals surface area contributed by atoms with E-state index in [0.717, 1.165) is 12.3 Å². The van der Waals surface area contributed by atoms with Crippen molar-refractivity contribution < 1.29 is 18.7 Å². The Morgan fingerprint density at radius 2 is 2.32 bits per heavy atom. The molecule has 2 aromatic heterocycles. The van der Waals surface area contributed by atoms with Gasteiger partial charge in [0.1, 0.15) is 11.4 Å². The first-order valence-corrected chi connectivity index (χ1v) is 5.65. The Labute approximate surface area is 109 Å². The summed E-state index contributed by atoms with van der Waals surface area (Å²) in [4.78, 5) is 15.1. The highest BCUT2D eigenvalue weighted by Crippen LogP contribution is 2.19. The molecule has 0 aliphatic rings. The molecular formula is C13H13FN2O3. The number of amides is 1. The average molecular weight is 264 g/mol. The Morgan fingerprint density at radius 3 is 2.89 bits per heavy atom. The van der Waals surface area contributed by atoms with Crippen molar-refractivity contribution in [2.24, 2.45) is 0 Å². The van der Waals surface area contributed by atoms with Crippen molar-refractivity contribution >= 4 is 5.91 Å². The fourth-order valence-corrected chi connectivity index (χ4v) is 1.54. The Hall–Kier alpha value is -2.21. The fourth-order valence-electron chi connectivity index (χ4n) is 1.54. The van der Waals surface area contributed by atoms with E-state index in [0.29, 0.717) is 5.76 Å². The molecule has 0 aromatic carbocycles. The van der Waals surface area contributed by atoms with Gasteiger partial charge in [0.2, 0.25) is 5.95 Å². The number of nitrogens with zero attached hydrogens (tertiary/aromatic N) is 1. The van der Waals surface area contributed by atoms with E-state index in [1.165, 1.54) is 19.3 Å². The lowest BCUT2D eigenvalue weighted by Crippen LogP contribution is -2.38. The average Bonchev–Trinajstić information content (AvgIpc) is 2.91. The van der Waals surface area contributed by atoms with Crippen molar-refractivity contribution in [1.29, 1.82) is 0 Å². The van der Waals surface area contributed by atoms with E-state index in [1.807, 2.05) is 0 Å². The topological polar surface area (TPSA) is 75.4 Å². The first kappa shape index (κ1) is 13.2. The standard InChI is InChI=1S/C13H13FN2O3/c1-13(18,10-3-2-6-19-10)8-16-12(17)9-4-5-11(14)15-7-9/h2-7,18H,8H2,1H3,(H,16,17). The van der Waals surface area contributed by atoms with Gasteiger partial charge in [-0.25, -0.2) is 4.98 Å². The summed E-state index contributed by atoms with van der Waals surface area (Å²) in [5, 5.41) is 12.7.